The molecular weight excluding hydrogens is 320 g/mol. The van der Waals surface area contributed by atoms with Crippen molar-refractivity contribution in [1.29, 1.82) is 0 Å². The number of carboxylic acid groups (broad SMARTS) is 1. The minimum Gasteiger partial charge on any atom is -0.480 e. The van der Waals surface area contributed by atoms with Gasteiger partial charge in [-0.1, -0.05) is 6.92 Å². The first-order chi connectivity index (χ1) is 12.1. The molecule has 0 aliphatic heterocycles. The van der Waals surface area contributed by atoms with Gasteiger partial charge < -0.3 is 15.0 Å². The van der Waals surface area contributed by atoms with E-state index in [0.717, 1.165) is 18.5 Å². The van der Waals surface area contributed by atoms with Crippen molar-refractivity contribution in [1.82, 2.24) is 19.8 Å². The number of imidazole rings is 1. The highest BCUT2D eigenvalue weighted by atomic mass is 16.4. The zero-order valence-corrected chi connectivity index (χ0v) is 14.1. The first-order valence-electron chi connectivity index (χ1n) is 8.42. The summed E-state index contributed by atoms with van der Waals surface area (Å²) < 4.78 is 1.87. The van der Waals surface area contributed by atoms with Crippen molar-refractivity contribution in [2.45, 2.75) is 31.8 Å². The predicted octanol–water partition coefficient (Wildman–Crippen LogP) is 1.54. The molecule has 0 bridgehead atoms. The minimum atomic E-state index is -0.813. The molecule has 0 unspecified atom stereocenters. The molecule has 25 heavy (non-hydrogen) atoms. The fourth-order valence-electron chi connectivity index (χ4n) is 3.14. The fourth-order valence-corrected chi connectivity index (χ4v) is 3.14. The van der Waals surface area contributed by atoms with Crippen molar-refractivity contribution in [3.05, 3.63) is 48.5 Å². The van der Waals surface area contributed by atoms with E-state index < -0.39 is 5.97 Å². The Morgan fingerprint density at radius 2 is 2.04 bits per heavy atom. The summed E-state index contributed by atoms with van der Waals surface area (Å²) in [5, 5.41) is 11.9. The van der Waals surface area contributed by atoms with Crippen LogP contribution in [0.1, 0.15) is 30.1 Å². The summed E-state index contributed by atoms with van der Waals surface area (Å²) in [5.41, 5.74) is 1.57. The second kappa shape index (κ2) is 7.48. The van der Waals surface area contributed by atoms with Crippen LogP contribution in [0.2, 0.25) is 0 Å². The molecular formula is C18H22N4O3. The second-order valence-corrected chi connectivity index (χ2v) is 6.27. The third kappa shape index (κ3) is 4.06. The Hall–Kier alpha value is -2.67. The molecule has 0 spiro atoms. The SMILES string of the molecule is CCN(CC(=O)O)C1CC(NC(=O)c2ccc(-n3ccnc3)cc2)C1. The topological polar surface area (TPSA) is 87.5 Å². The molecule has 7 nitrogen and oxygen atoms in total. The van der Waals surface area contributed by atoms with Crippen LogP contribution in [0.4, 0.5) is 0 Å². The number of hydrogen-bond acceptors (Lipinski definition) is 4. The van der Waals surface area contributed by atoms with E-state index in [1.807, 2.05) is 34.7 Å². The van der Waals surface area contributed by atoms with E-state index in [4.69, 9.17) is 5.11 Å². The van der Waals surface area contributed by atoms with E-state index in [-0.39, 0.29) is 24.5 Å². The largest absolute Gasteiger partial charge is 0.480 e. The summed E-state index contributed by atoms with van der Waals surface area (Å²) in [4.78, 5) is 29.1. The first kappa shape index (κ1) is 17.2. The highest BCUT2D eigenvalue weighted by Gasteiger charge is 2.34. The molecule has 0 radical (unpaired) electrons. The highest BCUT2D eigenvalue weighted by Crippen LogP contribution is 2.26. The molecule has 1 aliphatic rings. The number of amides is 1. The molecule has 0 saturated heterocycles. The molecule has 3 rings (SSSR count). The number of carbonyl (C=O) groups is 2. The number of likely N-dealkylation sites (N-methyl/N-ethyl adjacent to an activating group) is 1. The average Bonchev–Trinajstić information content (AvgIpc) is 3.10. The Morgan fingerprint density at radius 3 is 2.60 bits per heavy atom. The third-order valence-electron chi connectivity index (χ3n) is 4.64. The maximum Gasteiger partial charge on any atom is 0.317 e. The van der Waals surface area contributed by atoms with Crippen molar-refractivity contribution in [2.24, 2.45) is 0 Å². The molecule has 1 aromatic carbocycles. The zero-order chi connectivity index (χ0) is 17.8. The van der Waals surface area contributed by atoms with Crippen LogP contribution >= 0.6 is 0 Å². The van der Waals surface area contributed by atoms with Crippen molar-refractivity contribution >= 4 is 11.9 Å². The van der Waals surface area contributed by atoms with Gasteiger partial charge in [0, 0.05) is 35.7 Å². The molecule has 1 heterocycles. The van der Waals surface area contributed by atoms with Crippen LogP contribution < -0.4 is 5.32 Å². The number of carbonyl (C=O) groups excluding carboxylic acids is 1. The lowest BCUT2D eigenvalue weighted by Crippen LogP contribution is -2.54. The van der Waals surface area contributed by atoms with E-state index in [1.54, 1.807) is 24.7 Å². The van der Waals surface area contributed by atoms with Crippen molar-refractivity contribution in [2.75, 3.05) is 13.1 Å². The van der Waals surface area contributed by atoms with E-state index in [1.165, 1.54) is 0 Å². The van der Waals surface area contributed by atoms with Crippen LogP contribution in [0, 0.1) is 0 Å². The van der Waals surface area contributed by atoms with Crippen LogP contribution in [-0.2, 0) is 4.79 Å². The molecule has 1 fully saturated rings. The summed E-state index contributed by atoms with van der Waals surface area (Å²) in [6.45, 7) is 2.71. The van der Waals surface area contributed by atoms with Crippen LogP contribution in [0.3, 0.4) is 0 Å². The Balaban J connectivity index is 1.51. The van der Waals surface area contributed by atoms with Gasteiger partial charge in [0.2, 0.25) is 0 Å². The zero-order valence-electron chi connectivity index (χ0n) is 14.1. The van der Waals surface area contributed by atoms with E-state index in [2.05, 4.69) is 10.3 Å². The van der Waals surface area contributed by atoms with Crippen LogP contribution in [0.25, 0.3) is 5.69 Å². The number of carboxylic acids is 1. The lowest BCUT2D eigenvalue weighted by atomic mass is 9.85. The van der Waals surface area contributed by atoms with E-state index in [9.17, 15) is 9.59 Å². The lowest BCUT2D eigenvalue weighted by Gasteiger charge is -2.42. The molecule has 0 atom stereocenters. The second-order valence-electron chi connectivity index (χ2n) is 6.27. The predicted molar refractivity (Wildman–Crippen MR) is 92.7 cm³/mol. The maximum atomic E-state index is 12.3. The van der Waals surface area contributed by atoms with E-state index >= 15 is 0 Å². The summed E-state index contributed by atoms with van der Waals surface area (Å²) in [6, 6.07) is 7.69. The number of nitrogens with one attached hydrogen (secondary N) is 1. The smallest absolute Gasteiger partial charge is 0.317 e. The standard InChI is InChI=1S/C18H22N4O3/c1-2-21(11-17(23)24)16-9-14(10-16)20-18(25)13-3-5-15(6-4-13)22-8-7-19-12-22/h3-8,12,14,16H,2,9-11H2,1H3,(H,20,25)(H,23,24). The van der Waals surface area contributed by atoms with Crippen molar-refractivity contribution < 1.29 is 14.7 Å². The van der Waals surface area contributed by atoms with Gasteiger partial charge >= 0.3 is 5.97 Å². The first-order valence-corrected chi connectivity index (χ1v) is 8.42. The maximum absolute atomic E-state index is 12.3. The van der Waals surface area contributed by atoms with Gasteiger partial charge in [-0.15, -0.1) is 0 Å². The molecule has 132 valence electrons. The Labute approximate surface area is 146 Å². The van der Waals surface area contributed by atoms with Gasteiger partial charge in [-0.05, 0) is 43.7 Å². The number of aliphatic carboxylic acids is 1. The highest BCUT2D eigenvalue weighted by molar-refractivity contribution is 5.94. The van der Waals surface area contributed by atoms with Gasteiger partial charge in [0.05, 0.1) is 12.9 Å². The van der Waals surface area contributed by atoms with Gasteiger partial charge in [-0.3, -0.25) is 14.5 Å². The molecule has 1 aliphatic carbocycles. The fraction of sp³-hybridized carbons (Fsp3) is 0.389. The van der Waals surface area contributed by atoms with E-state index in [0.29, 0.717) is 12.1 Å². The average molecular weight is 342 g/mol. The molecule has 1 amide bonds. The third-order valence-corrected chi connectivity index (χ3v) is 4.64. The molecule has 1 aromatic heterocycles. The normalized spacial score (nSPS) is 19.4. The summed E-state index contributed by atoms with van der Waals surface area (Å²) in [7, 11) is 0. The molecule has 1 saturated carbocycles. The molecule has 2 N–H and O–H groups in total. The number of benzene rings is 1. The van der Waals surface area contributed by atoms with Gasteiger partial charge in [0.25, 0.3) is 5.91 Å². The summed E-state index contributed by atoms with van der Waals surface area (Å²) in [6.07, 6.45) is 6.85. The van der Waals surface area contributed by atoms with Gasteiger partial charge in [-0.25, -0.2) is 4.98 Å². The lowest BCUT2D eigenvalue weighted by molar-refractivity contribution is -0.139. The Kier molecular flexibility index (Phi) is 5.14. The van der Waals surface area contributed by atoms with Gasteiger partial charge in [0.15, 0.2) is 0 Å². The molecule has 2 aromatic rings. The minimum absolute atomic E-state index is 0.0531. The summed E-state index contributed by atoms with van der Waals surface area (Å²) >= 11 is 0. The number of hydrogen-bond donors (Lipinski definition) is 2. The van der Waals surface area contributed by atoms with Crippen LogP contribution in [0.5, 0.6) is 0 Å². The van der Waals surface area contributed by atoms with Gasteiger partial charge in [-0.2, -0.15) is 0 Å². The van der Waals surface area contributed by atoms with Crippen LogP contribution in [-0.4, -0.2) is 56.6 Å². The van der Waals surface area contributed by atoms with Gasteiger partial charge in [0.1, 0.15) is 0 Å². The number of aromatic nitrogens is 2. The number of rotatable bonds is 7. The quantitative estimate of drug-likeness (QED) is 0.797. The van der Waals surface area contributed by atoms with Crippen molar-refractivity contribution in [3.63, 3.8) is 0 Å². The Morgan fingerprint density at radius 1 is 1.32 bits per heavy atom. The van der Waals surface area contributed by atoms with Crippen LogP contribution in [0.15, 0.2) is 43.0 Å². The summed E-state index contributed by atoms with van der Waals surface area (Å²) in [5.74, 6) is -0.908. The number of nitrogens with zero attached hydrogens (tertiary/aromatic N) is 3. The Bertz CT molecular complexity index is 721. The van der Waals surface area contributed by atoms with Crippen molar-refractivity contribution in [3.8, 4) is 5.69 Å². The monoisotopic (exact) mass is 342 g/mol. The molecule has 7 heteroatoms.